The highest BCUT2D eigenvalue weighted by Crippen LogP contribution is 2.42. The molecule has 2 atom stereocenters. The van der Waals surface area contributed by atoms with Gasteiger partial charge in [-0.15, -0.1) is 0 Å². The summed E-state index contributed by atoms with van der Waals surface area (Å²) in [6, 6.07) is 16.8. The van der Waals surface area contributed by atoms with Gasteiger partial charge in [-0.05, 0) is 89.6 Å². The van der Waals surface area contributed by atoms with Gasteiger partial charge in [0, 0.05) is 15.6 Å². The van der Waals surface area contributed by atoms with Gasteiger partial charge in [0.2, 0.25) is 5.28 Å². The van der Waals surface area contributed by atoms with Crippen LogP contribution in [0.4, 0.5) is 0 Å². The highest BCUT2D eigenvalue weighted by atomic mass is 127. The Labute approximate surface area is 202 Å². The number of benzene rings is 2. The molecule has 0 amide bonds. The maximum absolute atomic E-state index is 6.45. The zero-order valence-electron chi connectivity index (χ0n) is 18.0. The molecule has 1 aliphatic heterocycles. The number of hydrogen-bond acceptors (Lipinski definition) is 4. The molecule has 2 aromatic carbocycles. The third kappa shape index (κ3) is 5.21. The van der Waals surface area contributed by atoms with Crippen LogP contribution in [0.3, 0.4) is 0 Å². The van der Waals surface area contributed by atoms with E-state index in [1.165, 1.54) is 5.56 Å². The molecule has 0 bridgehead atoms. The fourth-order valence-electron chi connectivity index (χ4n) is 4.53. The van der Waals surface area contributed by atoms with Crippen LogP contribution in [0.25, 0.3) is 10.9 Å². The van der Waals surface area contributed by atoms with Gasteiger partial charge in [-0.2, -0.15) is 0 Å². The number of ether oxygens (including phenoxy) is 2. The second-order valence-electron chi connectivity index (χ2n) is 8.66. The van der Waals surface area contributed by atoms with E-state index in [0.717, 1.165) is 52.5 Å². The summed E-state index contributed by atoms with van der Waals surface area (Å²) in [5.74, 6) is 0.419. The summed E-state index contributed by atoms with van der Waals surface area (Å²) in [7, 11) is 0. The molecule has 31 heavy (non-hydrogen) atoms. The lowest BCUT2D eigenvalue weighted by molar-refractivity contribution is -0.170. The maximum Gasteiger partial charge on any atom is 0.223 e. The van der Waals surface area contributed by atoms with E-state index >= 15 is 0 Å². The Kier molecular flexibility index (Phi) is 7.47. The summed E-state index contributed by atoms with van der Waals surface area (Å²) < 4.78 is 13.5. The Hall–Kier alpha value is -1.28. The average Bonchev–Trinajstić information content (AvgIpc) is 2.77. The highest BCUT2D eigenvalue weighted by molar-refractivity contribution is 14.1. The second-order valence-corrected chi connectivity index (χ2v) is 10.2. The summed E-state index contributed by atoms with van der Waals surface area (Å²) in [5.41, 5.74) is 2.49. The zero-order valence-corrected chi connectivity index (χ0v) is 20.9. The minimum Gasteiger partial charge on any atom is -0.353 e. The number of hydrogen-bond donors (Lipinski definition) is 0. The maximum atomic E-state index is 6.45. The standard InChI is InChI=1S/C25H28ClIN2O2/c1-17(2)15-25(18-8-4-3-5-9-18,16-31-22-10-6-7-13-30-22)23-20-14-19(27)11-12-21(20)28-24(26)29-23/h3-5,8-9,11-12,14,17,22H,6-7,10,13,15-16H2,1-2H3. The fourth-order valence-corrected chi connectivity index (χ4v) is 5.20. The quantitative estimate of drug-likeness (QED) is 0.241. The third-order valence-electron chi connectivity index (χ3n) is 5.82. The Balaban J connectivity index is 1.90. The number of halogens is 2. The summed E-state index contributed by atoms with van der Waals surface area (Å²) >= 11 is 8.79. The van der Waals surface area contributed by atoms with E-state index in [4.69, 9.17) is 26.1 Å². The van der Waals surface area contributed by atoms with Gasteiger partial charge in [0.15, 0.2) is 6.29 Å². The average molecular weight is 551 g/mol. The van der Waals surface area contributed by atoms with Crippen LogP contribution in [0.15, 0.2) is 48.5 Å². The predicted molar refractivity (Wildman–Crippen MR) is 133 cm³/mol. The monoisotopic (exact) mass is 550 g/mol. The molecule has 164 valence electrons. The zero-order chi connectivity index (χ0) is 21.8. The molecular weight excluding hydrogens is 523 g/mol. The van der Waals surface area contributed by atoms with E-state index in [1.807, 2.05) is 12.1 Å². The molecule has 4 nitrogen and oxygen atoms in total. The summed E-state index contributed by atoms with van der Waals surface area (Å²) in [6.07, 6.45) is 3.86. The normalized spacial score (nSPS) is 18.9. The summed E-state index contributed by atoms with van der Waals surface area (Å²) in [4.78, 5) is 9.34. The van der Waals surface area contributed by atoms with Crippen molar-refractivity contribution in [2.75, 3.05) is 13.2 Å². The first-order chi connectivity index (χ1) is 15.0. The Morgan fingerprint density at radius 2 is 1.97 bits per heavy atom. The first-order valence-electron chi connectivity index (χ1n) is 10.9. The van der Waals surface area contributed by atoms with E-state index in [0.29, 0.717) is 12.5 Å². The van der Waals surface area contributed by atoms with Crippen molar-refractivity contribution >= 4 is 45.1 Å². The highest BCUT2D eigenvalue weighted by Gasteiger charge is 2.40. The van der Waals surface area contributed by atoms with Crippen LogP contribution in [0, 0.1) is 9.49 Å². The molecule has 0 saturated carbocycles. The minimum atomic E-state index is -0.467. The third-order valence-corrected chi connectivity index (χ3v) is 6.66. The molecule has 1 fully saturated rings. The van der Waals surface area contributed by atoms with E-state index < -0.39 is 5.41 Å². The van der Waals surface area contributed by atoms with Crippen molar-refractivity contribution < 1.29 is 9.47 Å². The van der Waals surface area contributed by atoms with Crippen LogP contribution < -0.4 is 0 Å². The number of rotatable bonds is 7. The molecule has 2 heterocycles. The molecule has 0 spiro atoms. The van der Waals surface area contributed by atoms with Gasteiger partial charge in [0.05, 0.1) is 23.2 Å². The van der Waals surface area contributed by atoms with E-state index in [1.54, 1.807) is 0 Å². The molecule has 0 aliphatic carbocycles. The van der Waals surface area contributed by atoms with Gasteiger partial charge >= 0.3 is 0 Å². The van der Waals surface area contributed by atoms with Crippen molar-refractivity contribution in [3.8, 4) is 0 Å². The van der Waals surface area contributed by atoms with Gasteiger partial charge < -0.3 is 9.47 Å². The van der Waals surface area contributed by atoms with Crippen molar-refractivity contribution in [2.45, 2.75) is 51.2 Å². The largest absolute Gasteiger partial charge is 0.353 e. The van der Waals surface area contributed by atoms with Gasteiger partial charge in [0.25, 0.3) is 0 Å². The predicted octanol–water partition coefficient (Wildman–Crippen LogP) is 6.76. The summed E-state index contributed by atoms with van der Waals surface area (Å²) in [6.45, 7) is 5.72. The Morgan fingerprint density at radius 3 is 2.68 bits per heavy atom. The summed E-state index contributed by atoms with van der Waals surface area (Å²) in [5, 5.41) is 1.29. The van der Waals surface area contributed by atoms with Crippen LogP contribution in [-0.2, 0) is 14.9 Å². The Morgan fingerprint density at radius 1 is 1.16 bits per heavy atom. The van der Waals surface area contributed by atoms with E-state index in [9.17, 15) is 0 Å². The van der Waals surface area contributed by atoms with Crippen LogP contribution in [0.1, 0.15) is 50.8 Å². The SMILES string of the molecule is CC(C)CC(COC1CCCCO1)(c1ccccc1)c1nc(Cl)nc2ccc(I)cc12. The van der Waals surface area contributed by atoms with Crippen molar-refractivity contribution in [1.82, 2.24) is 9.97 Å². The molecule has 4 rings (SSSR count). The van der Waals surface area contributed by atoms with Crippen LogP contribution in [0.2, 0.25) is 5.28 Å². The van der Waals surface area contributed by atoms with Gasteiger partial charge in [0.1, 0.15) is 0 Å². The second kappa shape index (κ2) is 10.1. The van der Waals surface area contributed by atoms with Crippen molar-refractivity contribution in [1.29, 1.82) is 0 Å². The molecule has 2 unspecified atom stereocenters. The van der Waals surface area contributed by atoms with Gasteiger partial charge in [-0.25, -0.2) is 9.97 Å². The van der Waals surface area contributed by atoms with Crippen LogP contribution in [0.5, 0.6) is 0 Å². The smallest absolute Gasteiger partial charge is 0.223 e. The molecule has 3 aromatic rings. The molecule has 1 saturated heterocycles. The number of nitrogens with zero attached hydrogens (tertiary/aromatic N) is 2. The molecule has 0 radical (unpaired) electrons. The lowest BCUT2D eigenvalue weighted by Crippen LogP contribution is -2.39. The lowest BCUT2D eigenvalue weighted by atomic mass is 9.71. The van der Waals surface area contributed by atoms with Gasteiger partial charge in [-0.1, -0.05) is 44.2 Å². The topological polar surface area (TPSA) is 44.2 Å². The number of fused-ring (bicyclic) bond motifs is 1. The molecule has 1 aliphatic rings. The van der Waals surface area contributed by atoms with E-state index in [2.05, 4.69) is 77.8 Å². The molecule has 0 N–H and O–H groups in total. The first-order valence-corrected chi connectivity index (χ1v) is 12.4. The number of aromatic nitrogens is 2. The van der Waals surface area contributed by atoms with Crippen molar-refractivity contribution in [3.63, 3.8) is 0 Å². The van der Waals surface area contributed by atoms with E-state index in [-0.39, 0.29) is 11.6 Å². The van der Waals surface area contributed by atoms with Gasteiger partial charge in [-0.3, -0.25) is 0 Å². The molecule has 1 aromatic heterocycles. The first kappa shape index (κ1) is 22.9. The lowest BCUT2D eigenvalue weighted by Gasteiger charge is -2.37. The van der Waals surface area contributed by atoms with Crippen molar-refractivity contribution in [2.24, 2.45) is 5.92 Å². The minimum absolute atomic E-state index is 0.173. The van der Waals surface area contributed by atoms with Crippen LogP contribution in [-0.4, -0.2) is 29.5 Å². The Bertz CT molecular complexity index is 1020. The molecular formula is C25H28ClIN2O2. The molecule has 6 heteroatoms. The fraction of sp³-hybridized carbons (Fsp3) is 0.440. The van der Waals surface area contributed by atoms with Crippen molar-refractivity contribution in [3.05, 3.63) is 68.6 Å². The van der Waals surface area contributed by atoms with Crippen LogP contribution >= 0.6 is 34.2 Å².